The predicted octanol–water partition coefficient (Wildman–Crippen LogP) is 4.36. The van der Waals surface area contributed by atoms with Crippen LogP contribution in [0.1, 0.15) is 22.6 Å². The van der Waals surface area contributed by atoms with E-state index in [0.29, 0.717) is 5.16 Å². The van der Waals surface area contributed by atoms with Gasteiger partial charge in [0.05, 0.1) is 11.4 Å². The molecule has 0 saturated heterocycles. The van der Waals surface area contributed by atoms with Crippen molar-refractivity contribution in [2.24, 2.45) is 0 Å². The van der Waals surface area contributed by atoms with Gasteiger partial charge in [-0.2, -0.15) is 0 Å². The number of carbonyl (C=O) groups is 1. The number of thiazole rings is 1. The van der Waals surface area contributed by atoms with Gasteiger partial charge in [0.15, 0.2) is 5.16 Å². The zero-order chi connectivity index (χ0) is 18.5. The zero-order valence-corrected chi connectivity index (χ0v) is 16.5. The van der Waals surface area contributed by atoms with E-state index >= 15 is 0 Å². The first-order valence-corrected chi connectivity index (χ1v) is 9.98. The standard InChI is InChI=1S/C19H19N3O2S2/c1-12-4-6-15(7-5-12)18-22-16(10-25-18)9-24-17(23)11-26-19-20-13(2)8-14(3)21-19/h4-8,10H,9,11H2,1-3H3. The number of rotatable bonds is 6. The van der Waals surface area contributed by atoms with E-state index in [1.165, 1.54) is 17.3 Å². The predicted molar refractivity (Wildman–Crippen MR) is 104 cm³/mol. The number of hydrogen-bond acceptors (Lipinski definition) is 7. The molecule has 0 aliphatic heterocycles. The van der Waals surface area contributed by atoms with Crippen molar-refractivity contribution >= 4 is 29.1 Å². The summed E-state index contributed by atoms with van der Waals surface area (Å²) in [7, 11) is 0. The Morgan fingerprint density at radius 1 is 1.08 bits per heavy atom. The van der Waals surface area contributed by atoms with E-state index in [1.807, 2.05) is 37.4 Å². The Morgan fingerprint density at radius 2 is 1.77 bits per heavy atom. The summed E-state index contributed by atoms with van der Waals surface area (Å²) >= 11 is 2.83. The third kappa shape index (κ3) is 5.12. The number of thioether (sulfide) groups is 1. The van der Waals surface area contributed by atoms with Crippen LogP contribution in [0, 0.1) is 20.8 Å². The van der Waals surface area contributed by atoms with Gasteiger partial charge in [0.1, 0.15) is 11.6 Å². The number of nitrogens with zero attached hydrogens (tertiary/aromatic N) is 3. The molecule has 0 atom stereocenters. The quantitative estimate of drug-likeness (QED) is 0.357. The Morgan fingerprint density at radius 3 is 2.46 bits per heavy atom. The van der Waals surface area contributed by atoms with Crippen molar-refractivity contribution in [1.29, 1.82) is 0 Å². The van der Waals surface area contributed by atoms with Crippen LogP contribution in [0.3, 0.4) is 0 Å². The highest BCUT2D eigenvalue weighted by molar-refractivity contribution is 7.99. The molecular formula is C19H19N3O2S2. The number of esters is 1. The molecule has 26 heavy (non-hydrogen) atoms. The van der Waals surface area contributed by atoms with Gasteiger partial charge >= 0.3 is 5.97 Å². The molecule has 3 rings (SSSR count). The molecule has 2 heterocycles. The SMILES string of the molecule is Cc1ccc(-c2nc(COC(=O)CSc3nc(C)cc(C)n3)cs2)cc1. The van der Waals surface area contributed by atoms with Gasteiger partial charge in [-0.25, -0.2) is 15.0 Å². The van der Waals surface area contributed by atoms with Gasteiger partial charge < -0.3 is 4.74 Å². The largest absolute Gasteiger partial charge is 0.459 e. The summed E-state index contributed by atoms with van der Waals surface area (Å²) < 4.78 is 5.31. The van der Waals surface area contributed by atoms with E-state index in [1.54, 1.807) is 11.3 Å². The second-order valence-electron chi connectivity index (χ2n) is 5.89. The molecule has 0 saturated carbocycles. The number of carbonyl (C=O) groups excluding carboxylic acids is 1. The molecule has 0 unspecified atom stereocenters. The highest BCUT2D eigenvalue weighted by atomic mass is 32.2. The summed E-state index contributed by atoms with van der Waals surface area (Å²) in [5, 5.41) is 3.44. The Kier molecular flexibility index (Phi) is 6.00. The minimum atomic E-state index is -0.303. The lowest BCUT2D eigenvalue weighted by Crippen LogP contribution is -2.08. The Bertz CT molecular complexity index is 887. The van der Waals surface area contributed by atoms with Crippen molar-refractivity contribution in [1.82, 2.24) is 15.0 Å². The molecule has 0 amide bonds. The van der Waals surface area contributed by atoms with E-state index in [4.69, 9.17) is 4.74 Å². The minimum Gasteiger partial charge on any atom is -0.459 e. The molecule has 0 aliphatic rings. The first-order valence-electron chi connectivity index (χ1n) is 8.12. The second-order valence-corrected chi connectivity index (χ2v) is 7.69. The maximum absolute atomic E-state index is 12.0. The smallest absolute Gasteiger partial charge is 0.316 e. The normalized spacial score (nSPS) is 10.7. The van der Waals surface area contributed by atoms with Crippen LogP contribution < -0.4 is 0 Å². The third-order valence-corrected chi connectivity index (χ3v) is 5.27. The van der Waals surface area contributed by atoms with Crippen molar-refractivity contribution in [2.75, 3.05) is 5.75 Å². The molecule has 0 spiro atoms. The fraction of sp³-hybridized carbons (Fsp3) is 0.263. The van der Waals surface area contributed by atoms with Gasteiger partial charge in [0.2, 0.25) is 0 Å². The van der Waals surface area contributed by atoms with Gasteiger partial charge in [0.25, 0.3) is 0 Å². The Hall–Kier alpha value is -2.25. The Balaban J connectivity index is 1.51. The molecule has 5 nitrogen and oxygen atoms in total. The van der Waals surface area contributed by atoms with Crippen molar-refractivity contribution in [2.45, 2.75) is 32.5 Å². The van der Waals surface area contributed by atoms with Crippen LogP contribution in [0.25, 0.3) is 10.6 Å². The molecule has 0 bridgehead atoms. The molecular weight excluding hydrogens is 366 g/mol. The van der Waals surface area contributed by atoms with Crippen LogP contribution >= 0.6 is 23.1 Å². The van der Waals surface area contributed by atoms with E-state index < -0.39 is 0 Å². The lowest BCUT2D eigenvalue weighted by atomic mass is 10.2. The van der Waals surface area contributed by atoms with E-state index in [2.05, 4.69) is 34.0 Å². The van der Waals surface area contributed by atoms with Crippen LogP contribution in [0.4, 0.5) is 0 Å². The van der Waals surface area contributed by atoms with Crippen LogP contribution in [-0.4, -0.2) is 26.7 Å². The van der Waals surface area contributed by atoms with Crippen molar-refractivity contribution in [3.8, 4) is 10.6 Å². The van der Waals surface area contributed by atoms with Crippen molar-refractivity contribution in [3.05, 3.63) is 58.4 Å². The molecule has 1 aromatic carbocycles. The lowest BCUT2D eigenvalue weighted by molar-refractivity contribution is -0.141. The fourth-order valence-corrected chi connectivity index (χ4v) is 3.84. The molecule has 3 aromatic rings. The molecule has 7 heteroatoms. The van der Waals surface area contributed by atoms with Gasteiger partial charge in [-0.15, -0.1) is 11.3 Å². The number of aryl methyl sites for hydroxylation is 3. The number of benzene rings is 1. The van der Waals surface area contributed by atoms with Crippen molar-refractivity contribution < 1.29 is 9.53 Å². The summed E-state index contributed by atoms with van der Waals surface area (Å²) in [6, 6.07) is 10.1. The Labute approximate surface area is 160 Å². The van der Waals surface area contributed by atoms with Crippen LogP contribution in [0.2, 0.25) is 0 Å². The highest BCUT2D eigenvalue weighted by Gasteiger charge is 2.10. The number of aromatic nitrogens is 3. The van der Waals surface area contributed by atoms with Gasteiger partial charge in [-0.1, -0.05) is 41.6 Å². The second kappa shape index (κ2) is 8.42. The summed E-state index contributed by atoms with van der Waals surface area (Å²) in [6.45, 7) is 6.04. The molecule has 0 N–H and O–H groups in total. The molecule has 0 radical (unpaired) electrons. The topological polar surface area (TPSA) is 65.0 Å². The summed E-state index contributed by atoms with van der Waals surface area (Å²) in [5.74, 6) is -0.125. The average molecular weight is 386 g/mol. The maximum atomic E-state index is 12.0. The first-order chi connectivity index (χ1) is 12.5. The fourth-order valence-electron chi connectivity index (χ4n) is 2.28. The van der Waals surface area contributed by atoms with Gasteiger partial charge in [-0.05, 0) is 26.8 Å². The zero-order valence-electron chi connectivity index (χ0n) is 14.9. The van der Waals surface area contributed by atoms with E-state index in [0.717, 1.165) is 27.7 Å². The molecule has 134 valence electrons. The van der Waals surface area contributed by atoms with E-state index in [9.17, 15) is 4.79 Å². The summed E-state index contributed by atoms with van der Waals surface area (Å²) in [5.41, 5.74) is 4.82. The van der Waals surface area contributed by atoms with Crippen LogP contribution in [0.5, 0.6) is 0 Å². The van der Waals surface area contributed by atoms with Crippen LogP contribution in [-0.2, 0) is 16.1 Å². The van der Waals surface area contributed by atoms with Gasteiger partial charge in [-0.3, -0.25) is 4.79 Å². The van der Waals surface area contributed by atoms with Crippen LogP contribution in [0.15, 0.2) is 40.9 Å². The van der Waals surface area contributed by atoms with E-state index in [-0.39, 0.29) is 18.3 Å². The molecule has 0 fully saturated rings. The minimum absolute atomic E-state index is 0.176. The van der Waals surface area contributed by atoms with Gasteiger partial charge in [0, 0.05) is 22.3 Å². The third-order valence-electron chi connectivity index (χ3n) is 3.51. The molecule has 0 aliphatic carbocycles. The summed E-state index contributed by atoms with van der Waals surface area (Å²) in [4.78, 5) is 25.1. The number of ether oxygens (including phenoxy) is 1. The lowest BCUT2D eigenvalue weighted by Gasteiger charge is -2.04. The first kappa shape index (κ1) is 18.5. The molecule has 2 aromatic heterocycles. The van der Waals surface area contributed by atoms with Crippen molar-refractivity contribution in [3.63, 3.8) is 0 Å². The number of hydrogen-bond donors (Lipinski definition) is 0. The average Bonchev–Trinajstić information content (AvgIpc) is 3.07. The maximum Gasteiger partial charge on any atom is 0.316 e. The highest BCUT2D eigenvalue weighted by Crippen LogP contribution is 2.24. The monoisotopic (exact) mass is 385 g/mol. The summed E-state index contributed by atoms with van der Waals surface area (Å²) in [6.07, 6.45) is 0.